The molecule has 0 aromatic carbocycles. The van der Waals surface area contributed by atoms with Crippen LogP contribution in [-0.4, -0.2) is 26.5 Å². The number of hydrogen-bond acceptors (Lipinski definition) is 4. The van der Waals surface area contributed by atoms with E-state index in [1.807, 2.05) is 0 Å². The lowest BCUT2D eigenvalue weighted by Crippen LogP contribution is -1.92. The van der Waals surface area contributed by atoms with Crippen molar-refractivity contribution in [2.45, 2.75) is 0 Å². The summed E-state index contributed by atoms with van der Waals surface area (Å²) in [6.07, 6.45) is 0.329. The van der Waals surface area contributed by atoms with E-state index in [1.54, 1.807) is 0 Å². The summed E-state index contributed by atoms with van der Waals surface area (Å²) in [5.74, 6) is -0.235. The number of aldehydes is 1. The van der Waals surface area contributed by atoms with E-state index in [9.17, 15) is 4.79 Å². The molecule has 0 spiro atoms. The minimum atomic E-state index is -2.46. The van der Waals surface area contributed by atoms with Crippen molar-refractivity contribution in [3.63, 3.8) is 0 Å². The van der Waals surface area contributed by atoms with Crippen molar-refractivity contribution < 1.29 is 8.91 Å². The maximum absolute atomic E-state index is 9.98. The molecule has 5 nitrogen and oxygen atoms in total. The number of hydrogen-bond donors (Lipinski definition) is 0. The zero-order valence-electron chi connectivity index (χ0n) is 6.77. The van der Waals surface area contributed by atoms with Gasteiger partial charge in [0, 0.05) is 4.11 Å². The van der Waals surface area contributed by atoms with E-state index in [2.05, 4.69) is 15.4 Å². The van der Waals surface area contributed by atoms with Crippen LogP contribution in [0.15, 0.2) is 0 Å². The average Bonchev–Trinajstić information content (AvgIpc) is 2.32. The summed E-state index contributed by atoms with van der Waals surface area (Å²) in [6.45, 7) is -2.46. The molecular formula is C3H4N4O. The van der Waals surface area contributed by atoms with E-state index in [0.29, 0.717) is 11.1 Å². The number of tetrazole rings is 1. The van der Waals surface area contributed by atoms with Gasteiger partial charge in [0.25, 0.3) is 0 Å². The standard InChI is InChI=1S/C3H4N4O/c1-7-5-3(2-8)4-6-7/h2H,1H3/i1D3. The van der Waals surface area contributed by atoms with Crippen LogP contribution >= 0.6 is 0 Å². The molecule has 0 aliphatic rings. The molecule has 0 aliphatic heterocycles. The molecule has 0 saturated heterocycles. The quantitative estimate of drug-likeness (QED) is 0.441. The average molecular weight is 115 g/mol. The zero-order chi connectivity index (χ0) is 8.48. The lowest BCUT2D eigenvalue weighted by molar-refractivity contribution is 0.111. The number of aryl methyl sites for hydroxylation is 1. The van der Waals surface area contributed by atoms with Gasteiger partial charge in [0.1, 0.15) is 0 Å². The summed E-state index contributed by atoms with van der Waals surface area (Å²) in [5, 5.41) is 9.56. The maximum Gasteiger partial charge on any atom is 0.237 e. The first kappa shape index (κ1) is 2.34. The molecule has 0 bridgehead atoms. The van der Waals surface area contributed by atoms with Crippen LogP contribution in [0.25, 0.3) is 0 Å². The summed E-state index contributed by atoms with van der Waals surface area (Å²) in [4.78, 5) is 10.4. The fourth-order valence-corrected chi connectivity index (χ4v) is 0.272. The van der Waals surface area contributed by atoms with Crippen molar-refractivity contribution in [2.24, 2.45) is 6.98 Å². The highest BCUT2D eigenvalue weighted by Crippen LogP contribution is 1.73. The summed E-state index contributed by atoms with van der Waals surface area (Å²) in [5.41, 5.74) is 0. The Labute approximate surface area is 49.5 Å². The van der Waals surface area contributed by atoms with Crippen LogP contribution in [0.4, 0.5) is 0 Å². The van der Waals surface area contributed by atoms with Gasteiger partial charge in [-0.1, -0.05) is 0 Å². The molecular weight excluding hydrogens is 108 g/mol. The Kier molecular flexibility index (Phi) is 0.494. The van der Waals surface area contributed by atoms with Crippen LogP contribution in [0.3, 0.4) is 0 Å². The monoisotopic (exact) mass is 115 g/mol. The normalized spacial score (nSPS) is 16.2. The first-order valence-corrected chi connectivity index (χ1v) is 1.80. The molecule has 8 heavy (non-hydrogen) atoms. The lowest BCUT2D eigenvalue weighted by atomic mass is 10.7. The largest absolute Gasteiger partial charge is 0.294 e. The Morgan fingerprint density at radius 1 is 2.00 bits per heavy atom. The van der Waals surface area contributed by atoms with Gasteiger partial charge in [-0.3, -0.25) is 4.79 Å². The van der Waals surface area contributed by atoms with Crippen molar-refractivity contribution in [1.29, 1.82) is 0 Å². The van der Waals surface area contributed by atoms with Crippen molar-refractivity contribution >= 4 is 6.29 Å². The number of rotatable bonds is 1. The van der Waals surface area contributed by atoms with Crippen LogP contribution in [0.2, 0.25) is 0 Å². The van der Waals surface area contributed by atoms with E-state index < -0.39 is 6.98 Å². The minimum Gasteiger partial charge on any atom is -0.294 e. The molecule has 1 aromatic rings. The van der Waals surface area contributed by atoms with Gasteiger partial charge in [0.05, 0.1) is 6.98 Å². The predicted molar refractivity (Wildman–Crippen MR) is 24.2 cm³/mol. The maximum atomic E-state index is 9.98. The van der Waals surface area contributed by atoms with Crippen molar-refractivity contribution in [3.05, 3.63) is 5.82 Å². The predicted octanol–water partition coefficient (Wildman–Crippen LogP) is -0.977. The van der Waals surface area contributed by atoms with Crippen LogP contribution in [-0.2, 0) is 6.98 Å². The molecule has 1 rings (SSSR count). The second-order valence-electron chi connectivity index (χ2n) is 1.05. The minimum absolute atomic E-state index is 0.235. The lowest BCUT2D eigenvalue weighted by Gasteiger charge is -1.73. The molecule has 0 saturated carbocycles. The molecule has 5 heteroatoms. The van der Waals surface area contributed by atoms with Crippen LogP contribution in [0.5, 0.6) is 0 Å². The fourth-order valence-electron chi connectivity index (χ4n) is 0.272. The number of carbonyl (C=O) groups is 1. The van der Waals surface area contributed by atoms with Gasteiger partial charge in [0.15, 0.2) is 6.29 Å². The smallest absolute Gasteiger partial charge is 0.237 e. The Morgan fingerprint density at radius 2 is 2.88 bits per heavy atom. The third-order valence-electron chi connectivity index (χ3n) is 0.534. The SMILES string of the molecule is [2H]C([2H])([2H])n1nnc(C=O)n1. The van der Waals surface area contributed by atoms with Gasteiger partial charge in [-0.15, -0.1) is 10.2 Å². The molecule has 0 aliphatic carbocycles. The van der Waals surface area contributed by atoms with Crippen LogP contribution < -0.4 is 0 Å². The Bertz CT molecular complexity index is 266. The van der Waals surface area contributed by atoms with Crippen molar-refractivity contribution in [1.82, 2.24) is 20.2 Å². The van der Waals surface area contributed by atoms with Crippen molar-refractivity contribution in [2.75, 3.05) is 0 Å². The first-order valence-electron chi connectivity index (χ1n) is 3.30. The van der Waals surface area contributed by atoms with E-state index in [0.717, 1.165) is 0 Å². The van der Waals surface area contributed by atoms with Crippen LogP contribution in [0, 0.1) is 0 Å². The van der Waals surface area contributed by atoms with Gasteiger partial charge < -0.3 is 0 Å². The molecule has 0 unspecified atom stereocenters. The van der Waals surface area contributed by atoms with Crippen molar-refractivity contribution in [3.8, 4) is 0 Å². The molecule has 0 atom stereocenters. The molecule has 1 heterocycles. The number of carbonyl (C=O) groups excluding carboxylic acids is 1. The van der Waals surface area contributed by atoms with E-state index in [1.165, 1.54) is 0 Å². The highest BCUT2D eigenvalue weighted by molar-refractivity contribution is 5.67. The number of nitrogens with zero attached hydrogens (tertiary/aromatic N) is 4. The van der Waals surface area contributed by atoms with Crippen LogP contribution in [0.1, 0.15) is 14.7 Å². The Hall–Kier alpha value is -1.26. The highest BCUT2D eigenvalue weighted by Gasteiger charge is 1.92. The summed E-state index contributed by atoms with van der Waals surface area (Å²) in [6, 6.07) is 0. The summed E-state index contributed by atoms with van der Waals surface area (Å²) >= 11 is 0. The third kappa shape index (κ3) is 0.699. The van der Waals surface area contributed by atoms with E-state index in [-0.39, 0.29) is 5.82 Å². The van der Waals surface area contributed by atoms with E-state index in [4.69, 9.17) is 4.11 Å². The molecule has 1 aromatic heterocycles. The van der Waals surface area contributed by atoms with Gasteiger partial charge in [0.2, 0.25) is 5.82 Å². The highest BCUT2D eigenvalue weighted by atomic mass is 16.1. The van der Waals surface area contributed by atoms with Gasteiger partial charge in [-0.2, -0.15) is 4.80 Å². The molecule has 0 N–H and O–H groups in total. The molecule has 0 amide bonds. The second-order valence-corrected chi connectivity index (χ2v) is 1.05. The molecule has 0 radical (unpaired) electrons. The third-order valence-corrected chi connectivity index (χ3v) is 0.534. The van der Waals surface area contributed by atoms with Gasteiger partial charge >= 0.3 is 0 Å². The first-order chi connectivity index (χ1) is 5.04. The van der Waals surface area contributed by atoms with Gasteiger partial charge in [-0.25, -0.2) is 0 Å². The molecule has 0 fully saturated rings. The summed E-state index contributed by atoms with van der Waals surface area (Å²) in [7, 11) is 0. The van der Waals surface area contributed by atoms with E-state index >= 15 is 0 Å². The zero-order valence-corrected chi connectivity index (χ0v) is 3.77. The second kappa shape index (κ2) is 1.69. The Morgan fingerprint density at radius 3 is 3.25 bits per heavy atom. The topological polar surface area (TPSA) is 60.7 Å². The Balaban J connectivity index is 2.98. The van der Waals surface area contributed by atoms with Gasteiger partial charge in [-0.05, 0) is 5.21 Å². The fraction of sp³-hybridized carbons (Fsp3) is 0.333. The molecule has 42 valence electrons. The number of aromatic nitrogens is 4. The summed E-state index contributed by atoms with van der Waals surface area (Å²) < 4.78 is 20.3.